The van der Waals surface area contributed by atoms with Gasteiger partial charge in [0.15, 0.2) is 5.96 Å². The van der Waals surface area contributed by atoms with E-state index < -0.39 is 0 Å². The average Bonchev–Trinajstić information content (AvgIpc) is 3.04. The Balaban J connectivity index is 0.00000192. The molecule has 128 valence electrons. The molecule has 3 rings (SSSR count). The summed E-state index contributed by atoms with van der Waals surface area (Å²) >= 11 is 0. The van der Waals surface area contributed by atoms with Gasteiger partial charge in [0.2, 0.25) is 0 Å². The van der Waals surface area contributed by atoms with Gasteiger partial charge in [-0.1, -0.05) is 30.3 Å². The second kappa shape index (κ2) is 8.87. The highest BCUT2D eigenvalue weighted by Crippen LogP contribution is 2.33. The highest BCUT2D eigenvalue weighted by Gasteiger charge is 2.38. The van der Waals surface area contributed by atoms with E-state index in [1.165, 1.54) is 18.4 Å². The van der Waals surface area contributed by atoms with E-state index in [4.69, 9.17) is 4.74 Å². The van der Waals surface area contributed by atoms with Crippen LogP contribution in [0.3, 0.4) is 0 Å². The Kier molecular flexibility index (Phi) is 7.14. The summed E-state index contributed by atoms with van der Waals surface area (Å²) in [5.74, 6) is 2.40. The molecule has 0 aromatic heterocycles. The third kappa shape index (κ3) is 5.35. The van der Waals surface area contributed by atoms with Crippen LogP contribution in [0.2, 0.25) is 0 Å². The van der Waals surface area contributed by atoms with Gasteiger partial charge in [-0.3, -0.25) is 4.99 Å². The Bertz CT molecular complexity index is 502. The second-order valence-electron chi connectivity index (χ2n) is 6.59. The van der Waals surface area contributed by atoms with E-state index in [1.54, 1.807) is 0 Å². The lowest BCUT2D eigenvalue weighted by Gasteiger charge is -2.24. The van der Waals surface area contributed by atoms with Crippen molar-refractivity contribution in [3.63, 3.8) is 0 Å². The molecule has 0 bridgehead atoms. The van der Waals surface area contributed by atoms with Crippen molar-refractivity contribution in [3.05, 3.63) is 35.9 Å². The van der Waals surface area contributed by atoms with Gasteiger partial charge in [-0.15, -0.1) is 24.0 Å². The van der Waals surface area contributed by atoms with Crippen LogP contribution < -0.4 is 5.32 Å². The fourth-order valence-electron chi connectivity index (χ4n) is 3.28. The molecule has 0 radical (unpaired) electrons. The number of aliphatic imine (C=N–C) groups is 1. The van der Waals surface area contributed by atoms with E-state index in [2.05, 4.69) is 52.6 Å². The van der Waals surface area contributed by atoms with Gasteiger partial charge >= 0.3 is 0 Å². The van der Waals surface area contributed by atoms with Crippen molar-refractivity contribution in [2.75, 3.05) is 33.9 Å². The number of benzene rings is 1. The van der Waals surface area contributed by atoms with Gasteiger partial charge in [-0.05, 0) is 30.7 Å². The molecule has 23 heavy (non-hydrogen) atoms. The minimum Gasteiger partial charge on any atom is -0.381 e. The predicted octanol–water partition coefficient (Wildman–Crippen LogP) is 2.78. The van der Waals surface area contributed by atoms with Gasteiger partial charge in [0.1, 0.15) is 0 Å². The van der Waals surface area contributed by atoms with Crippen molar-refractivity contribution in [1.29, 1.82) is 0 Å². The molecule has 1 saturated heterocycles. The van der Waals surface area contributed by atoms with Gasteiger partial charge in [0.05, 0.1) is 6.61 Å². The van der Waals surface area contributed by atoms with Crippen LogP contribution in [0.15, 0.2) is 35.3 Å². The zero-order chi connectivity index (χ0) is 15.4. The van der Waals surface area contributed by atoms with Gasteiger partial charge in [0, 0.05) is 39.2 Å². The molecule has 3 atom stereocenters. The molecule has 1 saturated carbocycles. The Morgan fingerprint density at radius 1 is 1.35 bits per heavy atom. The molecule has 2 aliphatic rings. The van der Waals surface area contributed by atoms with Crippen molar-refractivity contribution in [2.45, 2.75) is 25.3 Å². The first-order chi connectivity index (χ1) is 10.8. The molecule has 2 fully saturated rings. The maximum atomic E-state index is 5.46. The summed E-state index contributed by atoms with van der Waals surface area (Å²) < 4.78 is 5.46. The Morgan fingerprint density at radius 3 is 2.78 bits per heavy atom. The molecule has 1 heterocycles. The quantitative estimate of drug-likeness (QED) is 0.445. The second-order valence-corrected chi connectivity index (χ2v) is 6.59. The molecule has 4 nitrogen and oxygen atoms in total. The summed E-state index contributed by atoms with van der Waals surface area (Å²) in [5, 5.41) is 3.62. The summed E-state index contributed by atoms with van der Waals surface area (Å²) in [6.07, 6.45) is 3.57. The predicted molar refractivity (Wildman–Crippen MR) is 106 cm³/mol. The molecule has 0 spiro atoms. The van der Waals surface area contributed by atoms with Crippen LogP contribution in [0, 0.1) is 11.8 Å². The standard InChI is InChI=1S/C18H27N3O.HI/c1-19-18(21(2)12-15-8-9-22-13-15)20-17-11-16(17)10-14-6-4-3-5-7-14;/h3-7,15-17H,8-13H2,1-2H3,(H,19,20);1H. The molecule has 5 heteroatoms. The van der Waals surface area contributed by atoms with Crippen molar-refractivity contribution >= 4 is 29.9 Å². The molecular formula is C18H28IN3O. The highest BCUT2D eigenvalue weighted by molar-refractivity contribution is 14.0. The molecule has 1 aromatic rings. The average molecular weight is 429 g/mol. The monoisotopic (exact) mass is 429 g/mol. The highest BCUT2D eigenvalue weighted by atomic mass is 127. The van der Waals surface area contributed by atoms with Gasteiger partial charge < -0.3 is 15.0 Å². The van der Waals surface area contributed by atoms with Gasteiger partial charge in [-0.2, -0.15) is 0 Å². The smallest absolute Gasteiger partial charge is 0.193 e. The van der Waals surface area contributed by atoms with Crippen LogP contribution in [0.5, 0.6) is 0 Å². The minimum atomic E-state index is 0. The minimum absolute atomic E-state index is 0. The van der Waals surface area contributed by atoms with Crippen LogP contribution in [0.1, 0.15) is 18.4 Å². The number of nitrogens with one attached hydrogen (secondary N) is 1. The molecule has 1 aliphatic carbocycles. The SMILES string of the molecule is CN=C(NC1CC1Cc1ccccc1)N(C)CC1CCOC1.I. The van der Waals surface area contributed by atoms with Crippen LogP contribution >= 0.6 is 24.0 Å². The van der Waals surface area contributed by atoms with Crippen molar-refractivity contribution < 1.29 is 4.74 Å². The van der Waals surface area contributed by atoms with Crippen LogP contribution in [0.4, 0.5) is 0 Å². The number of halogens is 1. The third-order valence-corrected chi connectivity index (χ3v) is 4.71. The summed E-state index contributed by atoms with van der Waals surface area (Å²) in [7, 11) is 4.00. The normalized spacial score (nSPS) is 26.5. The number of guanidine groups is 1. The maximum Gasteiger partial charge on any atom is 0.193 e. The maximum absolute atomic E-state index is 5.46. The van der Waals surface area contributed by atoms with Gasteiger partial charge in [-0.25, -0.2) is 0 Å². The van der Waals surface area contributed by atoms with Crippen LogP contribution in [0.25, 0.3) is 0 Å². The van der Waals surface area contributed by atoms with E-state index in [0.717, 1.165) is 38.1 Å². The van der Waals surface area contributed by atoms with Crippen molar-refractivity contribution in [2.24, 2.45) is 16.8 Å². The van der Waals surface area contributed by atoms with E-state index in [1.807, 2.05) is 7.05 Å². The van der Waals surface area contributed by atoms with Crippen LogP contribution in [-0.4, -0.2) is 50.8 Å². The molecule has 0 amide bonds. The zero-order valence-electron chi connectivity index (χ0n) is 14.1. The number of nitrogens with zero attached hydrogens (tertiary/aromatic N) is 2. The number of hydrogen-bond donors (Lipinski definition) is 1. The summed E-state index contributed by atoms with van der Waals surface area (Å²) in [6.45, 7) is 2.82. The lowest BCUT2D eigenvalue weighted by Crippen LogP contribution is -2.42. The Morgan fingerprint density at radius 2 is 2.13 bits per heavy atom. The molecule has 1 N–H and O–H groups in total. The Labute approximate surface area is 156 Å². The topological polar surface area (TPSA) is 36.9 Å². The van der Waals surface area contributed by atoms with E-state index in [9.17, 15) is 0 Å². The first kappa shape index (κ1) is 18.5. The molecular weight excluding hydrogens is 401 g/mol. The fraction of sp³-hybridized carbons (Fsp3) is 0.611. The van der Waals surface area contributed by atoms with Gasteiger partial charge in [0.25, 0.3) is 0 Å². The number of ether oxygens (including phenoxy) is 1. The molecule has 3 unspecified atom stereocenters. The largest absolute Gasteiger partial charge is 0.381 e. The van der Waals surface area contributed by atoms with E-state index >= 15 is 0 Å². The first-order valence-corrected chi connectivity index (χ1v) is 8.32. The van der Waals surface area contributed by atoms with E-state index in [0.29, 0.717) is 12.0 Å². The number of hydrogen-bond acceptors (Lipinski definition) is 2. The summed E-state index contributed by atoms with van der Waals surface area (Å²) in [5.41, 5.74) is 1.43. The molecule has 1 aromatic carbocycles. The first-order valence-electron chi connectivity index (χ1n) is 8.32. The van der Waals surface area contributed by atoms with E-state index in [-0.39, 0.29) is 24.0 Å². The third-order valence-electron chi connectivity index (χ3n) is 4.71. The Hall–Kier alpha value is -0.820. The zero-order valence-corrected chi connectivity index (χ0v) is 16.4. The lowest BCUT2D eigenvalue weighted by atomic mass is 10.1. The molecule has 1 aliphatic heterocycles. The summed E-state index contributed by atoms with van der Waals surface area (Å²) in [4.78, 5) is 6.69. The summed E-state index contributed by atoms with van der Waals surface area (Å²) in [6, 6.07) is 11.3. The van der Waals surface area contributed by atoms with Crippen molar-refractivity contribution in [3.8, 4) is 0 Å². The number of rotatable bonds is 5. The fourth-order valence-corrected chi connectivity index (χ4v) is 3.28. The van der Waals surface area contributed by atoms with Crippen LogP contribution in [-0.2, 0) is 11.2 Å². The van der Waals surface area contributed by atoms with Crippen molar-refractivity contribution in [1.82, 2.24) is 10.2 Å². The lowest BCUT2D eigenvalue weighted by molar-refractivity contribution is 0.181.